The Balaban J connectivity index is 1.50. The molecule has 1 atom stereocenters. The van der Waals surface area contributed by atoms with E-state index in [1.165, 1.54) is 0 Å². The summed E-state index contributed by atoms with van der Waals surface area (Å²) in [7, 11) is 1.68. The average molecular weight is 332 g/mol. The highest BCUT2D eigenvalue weighted by Gasteiger charge is 2.35. The molecule has 5 nitrogen and oxygen atoms in total. The molecule has 0 spiro atoms. The van der Waals surface area contributed by atoms with Crippen LogP contribution >= 0.6 is 0 Å². The molecule has 132 valence electrons. The van der Waals surface area contributed by atoms with E-state index >= 15 is 0 Å². The Kier molecular flexibility index (Phi) is 6.10. The van der Waals surface area contributed by atoms with Crippen molar-refractivity contribution in [2.45, 2.75) is 44.2 Å². The first-order chi connectivity index (χ1) is 11.8. The Morgan fingerprint density at radius 1 is 1.29 bits per heavy atom. The number of nitrogens with one attached hydrogen (secondary N) is 1. The van der Waals surface area contributed by atoms with Crippen molar-refractivity contribution < 1.29 is 14.3 Å². The summed E-state index contributed by atoms with van der Waals surface area (Å²) in [6.45, 7) is 3.33. The van der Waals surface area contributed by atoms with Gasteiger partial charge in [0.15, 0.2) is 0 Å². The van der Waals surface area contributed by atoms with Gasteiger partial charge in [0.05, 0.1) is 13.2 Å². The fourth-order valence-electron chi connectivity index (χ4n) is 3.87. The van der Waals surface area contributed by atoms with Crippen LogP contribution in [0.2, 0.25) is 0 Å². The lowest BCUT2D eigenvalue weighted by atomic mass is 10.1. The molecule has 2 fully saturated rings. The molecule has 2 aliphatic rings. The topological polar surface area (TPSA) is 50.8 Å². The summed E-state index contributed by atoms with van der Waals surface area (Å²) in [4.78, 5) is 15.0. The van der Waals surface area contributed by atoms with Crippen LogP contribution in [0, 0.1) is 0 Å². The third kappa shape index (κ3) is 4.08. The van der Waals surface area contributed by atoms with Crippen LogP contribution in [0.25, 0.3) is 0 Å². The number of ether oxygens (including phenoxy) is 2. The molecule has 5 heteroatoms. The normalized spacial score (nSPS) is 22.5. The zero-order chi connectivity index (χ0) is 16.8. The Morgan fingerprint density at radius 2 is 2.08 bits per heavy atom. The predicted octanol–water partition coefficient (Wildman–Crippen LogP) is 2.00. The van der Waals surface area contributed by atoms with Crippen LogP contribution in [-0.2, 0) is 16.0 Å². The molecule has 0 saturated carbocycles. The van der Waals surface area contributed by atoms with E-state index in [4.69, 9.17) is 9.47 Å². The molecule has 1 N–H and O–H groups in total. The average Bonchev–Trinajstić information content (AvgIpc) is 3.12. The van der Waals surface area contributed by atoms with Crippen molar-refractivity contribution in [2.75, 3.05) is 33.4 Å². The van der Waals surface area contributed by atoms with Gasteiger partial charge in [0.1, 0.15) is 5.75 Å². The van der Waals surface area contributed by atoms with Crippen molar-refractivity contribution in [1.82, 2.24) is 10.2 Å². The first-order valence-electron chi connectivity index (χ1n) is 9.02. The number of methoxy groups -OCH3 is 1. The first-order valence-corrected chi connectivity index (χ1v) is 9.02. The van der Waals surface area contributed by atoms with E-state index in [1.54, 1.807) is 7.11 Å². The lowest BCUT2D eigenvalue weighted by Crippen LogP contribution is -2.49. The number of hydrogen-bond acceptors (Lipinski definition) is 4. The Hall–Kier alpha value is -1.59. The van der Waals surface area contributed by atoms with Crippen LogP contribution in [-0.4, -0.2) is 56.3 Å². The summed E-state index contributed by atoms with van der Waals surface area (Å²) >= 11 is 0. The van der Waals surface area contributed by atoms with Gasteiger partial charge in [0, 0.05) is 25.8 Å². The van der Waals surface area contributed by atoms with Crippen molar-refractivity contribution in [1.29, 1.82) is 0 Å². The number of para-hydroxylation sites is 1. The second-order valence-corrected chi connectivity index (χ2v) is 6.59. The molecular formula is C19H28N2O3. The second kappa shape index (κ2) is 8.49. The number of hydrogen-bond donors (Lipinski definition) is 1. The van der Waals surface area contributed by atoms with Crippen molar-refractivity contribution in [3.05, 3.63) is 29.8 Å². The minimum absolute atomic E-state index is 0.0331. The van der Waals surface area contributed by atoms with E-state index in [-0.39, 0.29) is 11.9 Å². The van der Waals surface area contributed by atoms with Gasteiger partial charge < -0.3 is 14.8 Å². The van der Waals surface area contributed by atoms with Crippen molar-refractivity contribution in [3.63, 3.8) is 0 Å². The fraction of sp³-hybridized carbons (Fsp3) is 0.632. The molecule has 24 heavy (non-hydrogen) atoms. The summed E-state index contributed by atoms with van der Waals surface area (Å²) in [5.41, 5.74) is 1.13. The van der Waals surface area contributed by atoms with Gasteiger partial charge in [0.2, 0.25) is 5.91 Å². The van der Waals surface area contributed by atoms with Crippen LogP contribution in [0.3, 0.4) is 0 Å². The van der Waals surface area contributed by atoms with Crippen LogP contribution < -0.4 is 10.1 Å². The lowest BCUT2D eigenvalue weighted by molar-refractivity contribution is -0.126. The summed E-state index contributed by atoms with van der Waals surface area (Å²) in [6.07, 6.45) is 4.97. The lowest BCUT2D eigenvalue weighted by Gasteiger charge is -2.34. The van der Waals surface area contributed by atoms with E-state index < -0.39 is 0 Å². The van der Waals surface area contributed by atoms with Gasteiger partial charge in [-0.25, -0.2) is 0 Å². The zero-order valence-electron chi connectivity index (χ0n) is 14.5. The van der Waals surface area contributed by atoms with E-state index in [0.717, 1.165) is 63.2 Å². The maximum atomic E-state index is 12.6. The standard InChI is InChI=1S/C19H28N2O3/c1-23-18-7-3-2-5-15(18)8-11-20-19(22)17-6-4-12-21(17)16-9-13-24-14-10-16/h2-3,5,7,16-17H,4,6,8-14H2,1H3,(H,20,22)/t17-/m0/s1. The molecule has 2 aliphatic heterocycles. The third-order valence-corrected chi connectivity index (χ3v) is 5.14. The number of amides is 1. The van der Waals surface area contributed by atoms with Gasteiger partial charge in [0.25, 0.3) is 0 Å². The van der Waals surface area contributed by atoms with Gasteiger partial charge in [-0.2, -0.15) is 0 Å². The fourth-order valence-corrected chi connectivity index (χ4v) is 3.87. The second-order valence-electron chi connectivity index (χ2n) is 6.59. The highest BCUT2D eigenvalue weighted by atomic mass is 16.5. The SMILES string of the molecule is COc1ccccc1CCNC(=O)[C@@H]1CCCN1C1CCOCC1. The van der Waals surface area contributed by atoms with E-state index in [9.17, 15) is 4.79 Å². The summed E-state index contributed by atoms with van der Waals surface area (Å²) < 4.78 is 10.8. The highest BCUT2D eigenvalue weighted by Crippen LogP contribution is 2.25. The molecular weight excluding hydrogens is 304 g/mol. The number of rotatable bonds is 6. The Labute approximate surface area is 144 Å². The van der Waals surface area contributed by atoms with Crippen LogP contribution in [0.15, 0.2) is 24.3 Å². The number of nitrogens with zero attached hydrogens (tertiary/aromatic N) is 1. The summed E-state index contributed by atoms with van der Waals surface area (Å²) in [6, 6.07) is 8.52. The summed E-state index contributed by atoms with van der Waals surface area (Å²) in [5, 5.41) is 3.13. The van der Waals surface area contributed by atoms with Crippen molar-refractivity contribution >= 4 is 5.91 Å². The molecule has 1 aromatic rings. The van der Waals surface area contributed by atoms with Gasteiger partial charge in [-0.1, -0.05) is 18.2 Å². The first kappa shape index (κ1) is 17.2. The maximum absolute atomic E-state index is 12.6. The molecule has 0 aromatic heterocycles. The van der Waals surface area contributed by atoms with E-state index in [1.807, 2.05) is 18.2 Å². The zero-order valence-corrected chi connectivity index (χ0v) is 14.5. The molecule has 3 rings (SSSR count). The van der Waals surface area contributed by atoms with Gasteiger partial charge >= 0.3 is 0 Å². The van der Waals surface area contributed by atoms with Gasteiger partial charge in [-0.3, -0.25) is 9.69 Å². The number of carbonyl (C=O) groups is 1. The monoisotopic (exact) mass is 332 g/mol. The largest absolute Gasteiger partial charge is 0.496 e. The molecule has 0 bridgehead atoms. The molecule has 0 aliphatic carbocycles. The highest BCUT2D eigenvalue weighted by molar-refractivity contribution is 5.82. The quantitative estimate of drug-likeness (QED) is 0.866. The molecule has 2 saturated heterocycles. The third-order valence-electron chi connectivity index (χ3n) is 5.14. The number of benzene rings is 1. The summed E-state index contributed by atoms with van der Waals surface area (Å²) in [5.74, 6) is 1.06. The van der Waals surface area contributed by atoms with Crippen LogP contribution in [0.4, 0.5) is 0 Å². The van der Waals surface area contributed by atoms with E-state index in [0.29, 0.717) is 12.6 Å². The molecule has 1 aromatic carbocycles. The van der Waals surface area contributed by atoms with Crippen molar-refractivity contribution in [3.8, 4) is 5.75 Å². The Bertz CT molecular complexity index is 543. The van der Waals surface area contributed by atoms with Crippen molar-refractivity contribution in [2.24, 2.45) is 0 Å². The van der Waals surface area contributed by atoms with E-state index in [2.05, 4.69) is 16.3 Å². The molecule has 1 amide bonds. The minimum Gasteiger partial charge on any atom is -0.496 e. The molecule has 0 radical (unpaired) electrons. The molecule has 2 heterocycles. The number of likely N-dealkylation sites (tertiary alicyclic amines) is 1. The van der Waals surface area contributed by atoms with Crippen LogP contribution in [0.5, 0.6) is 5.75 Å². The minimum atomic E-state index is 0.0331. The Morgan fingerprint density at radius 3 is 2.88 bits per heavy atom. The maximum Gasteiger partial charge on any atom is 0.237 e. The number of carbonyl (C=O) groups excluding carboxylic acids is 1. The predicted molar refractivity (Wildman–Crippen MR) is 93.3 cm³/mol. The smallest absolute Gasteiger partial charge is 0.237 e. The van der Waals surface area contributed by atoms with Crippen LogP contribution in [0.1, 0.15) is 31.2 Å². The molecule has 0 unspecified atom stereocenters. The van der Waals surface area contributed by atoms with Gasteiger partial charge in [-0.15, -0.1) is 0 Å². The van der Waals surface area contributed by atoms with Gasteiger partial charge in [-0.05, 0) is 50.3 Å².